The van der Waals surface area contributed by atoms with Gasteiger partial charge in [0.25, 0.3) is 0 Å². The third kappa shape index (κ3) is 9.43. The monoisotopic (exact) mass is 583 g/mol. The van der Waals surface area contributed by atoms with Gasteiger partial charge in [-0.1, -0.05) is 84.9 Å². The molecule has 222 valence electrons. The second kappa shape index (κ2) is 15.2. The molecule has 0 spiro atoms. The molecule has 0 bridgehead atoms. The van der Waals surface area contributed by atoms with Gasteiger partial charge in [0.05, 0.1) is 0 Å². The molecule has 4 aromatic carbocycles. The Kier molecular flexibility index (Phi) is 10.9. The Morgan fingerprint density at radius 1 is 0.698 bits per heavy atom. The van der Waals surface area contributed by atoms with Crippen LogP contribution in [0.1, 0.15) is 29.2 Å². The number of carbonyl (C=O) groups is 3. The van der Waals surface area contributed by atoms with Crippen molar-refractivity contribution in [2.24, 2.45) is 5.73 Å². The first-order chi connectivity index (χ1) is 20.8. The predicted octanol–water partition coefficient (Wildman–Crippen LogP) is 4.24. The minimum absolute atomic E-state index is 0.0498. The fourth-order valence-corrected chi connectivity index (χ4v) is 4.45. The van der Waals surface area contributed by atoms with Crippen LogP contribution < -0.4 is 25.8 Å². The molecule has 0 aromatic heterocycles. The van der Waals surface area contributed by atoms with Crippen LogP contribution in [0.15, 0.2) is 103 Å². The van der Waals surface area contributed by atoms with Gasteiger partial charge in [-0.15, -0.1) is 0 Å². The van der Waals surface area contributed by atoms with Gasteiger partial charge < -0.3 is 25.8 Å². The fraction of sp³-hybridized carbons (Fsp3) is 0.206. The summed E-state index contributed by atoms with van der Waals surface area (Å²) in [6.45, 7) is 1.87. The summed E-state index contributed by atoms with van der Waals surface area (Å²) in [5.41, 5.74) is 8.52. The number of nitrogens with one attached hydrogen (secondary N) is 2. The average Bonchev–Trinajstić information content (AvgIpc) is 3.00. The van der Waals surface area contributed by atoms with Crippen LogP contribution in [0.5, 0.6) is 11.5 Å². The first kappa shape index (κ1) is 30.8. The van der Waals surface area contributed by atoms with Gasteiger partial charge in [-0.25, -0.2) is 4.39 Å². The number of amides is 3. The fourth-order valence-electron chi connectivity index (χ4n) is 4.45. The maximum absolute atomic E-state index is 14.3. The van der Waals surface area contributed by atoms with Crippen molar-refractivity contribution >= 4 is 17.7 Å². The Bertz CT molecular complexity index is 1530. The van der Waals surface area contributed by atoms with E-state index in [1.807, 2.05) is 60.7 Å². The number of benzene rings is 4. The van der Waals surface area contributed by atoms with Crippen molar-refractivity contribution < 1.29 is 28.2 Å². The van der Waals surface area contributed by atoms with E-state index < -0.39 is 35.6 Å². The highest BCUT2D eigenvalue weighted by Gasteiger charge is 2.26. The molecule has 0 fully saturated rings. The molecule has 0 heterocycles. The highest BCUT2D eigenvalue weighted by atomic mass is 19.1. The zero-order chi connectivity index (χ0) is 30.6. The molecule has 0 aliphatic heterocycles. The topological polar surface area (TPSA) is 120 Å². The van der Waals surface area contributed by atoms with Crippen molar-refractivity contribution in [3.05, 3.63) is 131 Å². The number of hydrogen-bond acceptors (Lipinski definition) is 5. The van der Waals surface area contributed by atoms with Crippen LogP contribution in [0.2, 0.25) is 0 Å². The molecule has 0 aliphatic rings. The number of primary amides is 1. The lowest BCUT2D eigenvalue weighted by atomic mass is 10.0. The smallest absolute Gasteiger partial charge is 0.243 e. The second-order valence-corrected chi connectivity index (χ2v) is 10.0. The molecule has 4 rings (SSSR count). The lowest BCUT2D eigenvalue weighted by molar-refractivity contribution is -0.130. The van der Waals surface area contributed by atoms with Crippen LogP contribution in [0.25, 0.3) is 0 Å². The number of rotatable bonds is 14. The van der Waals surface area contributed by atoms with Crippen LogP contribution in [-0.4, -0.2) is 29.8 Å². The molecule has 3 amide bonds. The van der Waals surface area contributed by atoms with Crippen LogP contribution in [0.4, 0.5) is 4.39 Å². The van der Waals surface area contributed by atoms with Gasteiger partial charge in [0.1, 0.15) is 31.1 Å². The van der Waals surface area contributed by atoms with E-state index in [9.17, 15) is 18.8 Å². The number of carbonyl (C=O) groups excluding carboxylic acids is 3. The van der Waals surface area contributed by atoms with Crippen molar-refractivity contribution in [2.75, 3.05) is 0 Å². The van der Waals surface area contributed by atoms with Gasteiger partial charge >= 0.3 is 0 Å². The number of ether oxygens (including phenoxy) is 2. The predicted molar refractivity (Wildman–Crippen MR) is 161 cm³/mol. The SMILES string of the molecule is CC(=O)N[C@H](Cc1ccccc1F)C(=O)N[C@@H](Cc1ccc(OCc2ccccc2)c(OCc2ccccc2)c1)C(N)=O. The van der Waals surface area contributed by atoms with Crippen molar-refractivity contribution in [1.29, 1.82) is 0 Å². The highest BCUT2D eigenvalue weighted by molar-refractivity contribution is 5.91. The molecule has 0 radical (unpaired) electrons. The third-order valence-electron chi connectivity index (χ3n) is 6.66. The average molecular weight is 584 g/mol. The van der Waals surface area contributed by atoms with Gasteiger partial charge in [-0.2, -0.15) is 0 Å². The van der Waals surface area contributed by atoms with E-state index in [1.165, 1.54) is 25.1 Å². The largest absolute Gasteiger partial charge is 0.485 e. The first-order valence-electron chi connectivity index (χ1n) is 13.8. The van der Waals surface area contributed by atoms with Crippen molar-refractivity contribution in [1.82, 2.24) is 10.6 Å². The van der Waals surface area contributed by atoms with E-state index in [0.29, 0.717) is 23.7 Å². The summed E-state index contributed by atoms with van der Waals surface area (Å²) in [5, 5.41) is 5.16. The van der Waals surface area contributed by atoms with Crippen LogP contribution in [0, 0.1) is 5.82 Å². The summed E-state index contributed by atoms with van der Waals surface area (Å²) in [6.07, 6.45) is -0.0529. The Labute approximate surface area is 250 Å². The van der Waals surface area contributed by atoms with Crippen LogP contribution in [0.3, 0.4) is 0 Å². The molecule has 0 aliphatic carbocycles. The van der Waals surface area contributed by atoms with E-state index in [2.05, 4.69) is 10.6 Å². The maximum atomic E-state index is 14.3. The minimum atomic E-state index is -1.12. The van der Waals surface area contributed by atoms with E-state index in [4.69, 9.17) is 15.2 Å². The molecule has 4 N–H and O–H groups in total. The quantitative estimate of drug-likeness (QED) is 0.205. The van der Waals surface area contributed by atoms with Crippen molar-refractivity contribution in [2.45, 2.75) is 45.1 Å². The normalized spacial score (nSPS) is 12.0. The first-order valence-corrected chi connectivity index (χ1v) is 13.8. The molecule has 0 saturated heterocycles. The third-order valence-corrected chi connectivity index (χ3v) is 6.66. The maximum Gasteiger partial charge on any atom is 0.243 e. The van der Waals surface area contributed by atoms with Gasteiger partial charge in [-0.05, 0) is 40.5 Å². The summed E-state index contributed by atoms with van der Waals surface area (Å²) >= 11 is 0. The Morgan fingerprint density at radius 2 is 1.28 bits per heavy atom. The molecular weight excluding hydrogens is 549 g/mol. The number of halogens is 1. The lowest BCUT2D eigenvalue weighted by Gasteiger charge is -2.22. The second-order valence-electron chi connectivity index (χ2n) is 10.0. The van der Waals surface area contributed by atoms with Crippen molar-refractivity contribution in [3.8, 4) is 11.5 Å². The minimum Gasteiger partial charge on any atom is -0.485 e. The standard InChI is InChI=1S/C34H34FN3O5/c1-23(39)37-30(20-27-14-8-9-15-28(27)35)34(41)38-29(33(36)40)18-26-16-17-31(42-21-24-10-4-2-5-11-24)32(19-26)43-22-25-12-6-3-7-13-25/h2-17,19,29-30H,18,20-22H2,1H3,(H2,36,40)(H,37,39)(H,38,41)/t29-,30+/m0/s1. The zero-order valence-electron chi connectivity index (χ0n) is 23.8. The Balaban J connectivity index is 1.51. The van der Waals surface area contributed by atoms with Crippen LogP contribution >= 0.6 is 0 Å². The summed E-state index contributed by atoms with van der Waals surface area (Å²) < 4.78 is 26.5. The summed E-state index contributed by atoms with van der Waals surface area (Å²) in [5.74, 6) is -1.43. The lowest BCUT2D eigenvalue weighted by Crippen LogP contribution is -2.54. The number of nitrogens with two attached hydrogens (primary N) is 1. The Morgan fingerprint density at radius 3 is 1.86 bits per heavy atom. The molecule has 9 heteroatoms. The molecule has 43 heavy (non-hydrogen) atoms. The van der Waals surface area contributed by atoms with Gasteiger partial charge in [0, 0.05) is 19.8 Å². The van der Waals surface area contributed by atoms with E-state index in [-0.39, 0.29) is 25.0 Å². The Hall–Kier alpha value is -5.18. The number of hydrogen-bond donors (Lipinski definition) is 3. The highest BCUT2D eigenvalue weighted by Crippen LogP contribution is 2.30. The van der Waals surface area contributed by atoms with Crippen LogP contribution in [-0.2, 0) is 40.4 Å². The summed E-state index contributed by atoms with van der Waals surface area (Å²) in [7, 11) is 0. The molecule has 4 aromatic rings. The van der Waals surface area contributed by atoms with E-state index in [1.54, 1.807) is 24.3 Å². The molecule has 8 nitrogen and oxygen atoms in total. The van der Waals surface area contributed by atoms with Gasteiger partial charge in [0.15, 0.2) is 11.5 Å². The van der Waals surface area contributed by atoms with E-state index in [0.717, 1.165) is 11.1 Å². The van der Waals surface area contributed by atoms with E-state index >= 15 is 0 Å². The zero-order valence-corrected chi connectivity index (χ0v) is 23.8. The van der Waals surface area contributed by atoms with Gasteiger partial charge in [0.2, 0.25) is 17.7 Å². The molecular formula is C34H34FN3O5. The van der Waals surface area contributed by atoms with Gasteiger partial charge in [-0.3, -0.25) is 14.4 Å². The molecule has 0 saturated carbocycles. The molecule has 0 unspecified atom stereocenters. The summed E-state index contributed by atoms with van der Waals surface area (Å²) in [4.78, 5) is 37.4. The molecule has 2 atom stereocenters. The van der Waals surface area contributed by atoms with Crippen molar-refractivity contribution in [3.63, 3.8) is 0 Å². The summed E-state index contributed by atoms with van der Waals surface area (Å²) in [6, 6.07) is 28.4.